The lowest BCUT2D eigenvalue weighted by Gasteiger charge is -2.37. The van der Waals surface area contributed by atoms with Gasteiger partial charge < -0.3 is 19.9 Å². The number of rotatable bonds is 3. The van der Waals surface area contributed by atoms with Crippen LogP contribution in [0.15, 0.2) is 18.2 Å². The predicted octanol–water partition coefficient (Wildman–Crippen LogP) is 2.94. The van der Waals surface area contributed by atoms with E-state index in [1.54, 1.807) is 6.92 Å². The van der Waals surface area contributed by atoms with Crippen LogP contribution in [-0.4, -0.2) is 60.1 Å². The Morgan fingerprint density at radius 3 is 2.54 bits per heavy atom. The third-order valence-corrected chi connectivity index (χ3v) is 5.42. The quantitative estimate of drug-likeness (QED) is 0.903. The lowest BCUT2D eigenvalue weighted by Crippen LogP contribution is -2.49. The molecule has 3 amide bonds. The number of urea groups is 1. The smallest absolute Gasteiger partial charge is 0.321 e. The number of aryl methyl sites for hydroxylation is 2. The van der Waals surface area contributed by atoms with E-state index < -0.39 is 0 Å². The molecule has 2 saturated heterocycles. The average molecular weight is 359 g/mol. The monoisotopic (exact) mass is 359 g/mol. The van der Waals surface area contributed by atoms with Gasteiger partial charge in [-0.25, -0.2) is 4.79 Å². The largest absolute Gasteiger partial charge is 0.381 e. The Morgan fingerprint density at radius 2 is 1.88 bits per heavy atom. The molecule has 142 valence electrons. The van der Waals surface area contributed by atoms with Gasteiger partial charge in [0.1, 0.15) is 0 Å². The van der Waals surface area contributed by atoms with Crippen LogP contribution in [0.3, 0.4) is 0 Å². The Hall–Kier alpha value is -2.08. The summed E-state index contributed by atoms with van der Waals surface area (Å²) in [6.07, 6.45) is 2.59. The van der Waals surface area contributed by atoms with Gasteiger partial charge in [0.05, 0.1) is 6.04 Å². The summed E-state index contributed by atoms with van der Waals surface area (Å²) in [4.78, 5) is 28.7. The zero-order valence-electron chi connectivity index (χ0n) is 16.0. The molecule has 2 aliphatic rings. The lowest BCUT2D eigenvalue weighted by atomic mass is 10.0. The third kappa shape index (κ3) is 4.18. The van der Waals surface area contributed by atoms with E-state index >= 15 is 0 Å². The van der Waals surface area contributed by atoms with Gasteiger partial charge in [0.2, 0.25) is 5.91 Å². The van der Waals surface area contributed by atoms with Crippen LogP contribution in [0.5, 0.6) is 0 Å². The summed E-state index contributed by atoms with van der Waals surface area (Å²) in [5.74, 6) is 0.0959. The van der Waals surface area contributed by atoms with Crippen molar-refractivity contribution in [3.8, 4) is 0 Å². The van der Waals surface area contributed by atoms with Crippen molar-refractivity contribution in [1.29, 1.82) is 0 Å². The molecule has 0 radical (unpaired) electrons. The molecule has 26 heavy (non-hydrogen) atoms. The molecule has 0 aromatic heterocycles. The van der Waals surface area contributed by atoms with Crippen LogP contribution in [0, 0.1) is 13.8 Å². The van der Waals surface area contributed by atoms with E-state index in [0.717, 1.165) is 30.5 Å². The molecule has 0 aliphatic carbocycles. The van der Waals surface area contributed by atoms with Crippen molar-refractivity contribution in [2.24, 2.45) is 0 Å². The molecule has 1 aromatic rings. The fraction of sp³-hybridized carbons (Fsp3) is 0.600. The van der Waals surface area contributed by atoms with Gasteiger partial charge in [-0.15, -0.1) is 0 Å². The van der Waals surface area contributed by atoms with Crippen molar-refractivity contribution in [2.45, 2.75) is 52.1 Å². The third-order valence-electron chi connectivity index (χ3n) is 5.42. The first-order valence-electron chi connectivity index (χ1n) is 9.45. The second-order valence-corrected chi connectivity index (χ2v) is 7.41. The zero-order valence-corrected chi connectivity index (χ0v) is 16.0. The number of nitrogens with one attached hydrogen (secondary N) is 1. The SMILES string of the molecule is CC(=O)N(C1CCOCC1)C1CCN(C(=O)Nc2ccc(C)cc2C)C1. The highest BCUT2D eigenvalue weighted by Crippen LogP contribution is 2.24. The highest BCUT2D eigenvalue weighted by Gasteiger charge is 2.36. The molecule has 3 rings (SSSR count). The maximum absolute atomic E-state index is 12.7. The molecule has 2 aliphatic heterocycles. The Balaban J connectivity index is 1.62. The second kappa shape index (κ2) is 8.08. The number of ether oxygens (including phenoxy) is 1. The van der Waals surface area contributed by atoms with E-state index in [1.807, 2.05) is 35.8 Å². The van der Waals surface area contributed by atoms with Gasteiger partial charge in [0, 0.05) is 45.0 Å². The van der Waals surface area contributed by atoms with Crippen LogP contribution < -0.4 is 5.32 Å². The zero-order chi connectivity index (χ0) is 18.7. The molecule has 0 bridgehead atoms. The summed E-state index contributed by atoms with van der Waals surface area (Å²) in [5, 5.41) is 3.01. The molecule has 1 N–H and O–H groups in total. The van der Waals surface area contributed by atoms with E-state index in [-0.39, 0.29) is 24.0 Å². The summed E-state index contributed by atoms with van der Waals surface area (Å²) in [6.45, 7) is 8.35. The molecule has 1 atom stereocenters. The van der Waals surface area contributed by atoms with Gasteiger partial charge in [-0.3, -0.25) is 4.79 Å². The van der Waals surface area contributed by atoms with Crippen molar-refractivity contribution in [2.75, 3.05) is 31.6 Å². The number of benzene rings is 1. The number of amides is 3. The fourth-order valence-corrected chi connectivity index (χ4v) is 4.08. The number of likely N-dealkylation sites (tertiary alicyclic amines) is 1. The first kappa shape index (κ1) is 18.7. The first-order valence-corrected chi connectivity index (χ1v) is 9.45. The van der Waals surface area contributed by atoms with E-state index in [1.165, 1.54) is 5.56 Å². The normalized spacial score (nSPS) is 20.9. The molecule has 6 heteroatoms. The van der Waals surface area contributed by atoms with E-state index in [9.17, 15) is 9.59 Å². The van der Waals surface area contributed by atoms with E-state index in [2.05, 4.69) is 11.4 Å². The van der Waals surface area contributed by atoms with Crippen LogP contribution in [0.1, 0.15) is 37.3 Å². The predicted molar refractivity (Wildman–Crippen MR) is 101 cm³/mol. The minimum atomic E-state index is -0.0880. The van der Waals surface area contributed by atoms with E-state index in [4.69, 9.17) is 4.74 Å². The van der Waals surface area contributed by atoms with Crippen molar-refractivity contribution >= 4 is 17.6 Å². The number of carbonyl (C=O) groups is 2. The van der Waals surface area contributed by atoms with Crippen LogP contribution in [0.25, 0.3) is 0 Å². The van der Waals surface area contributed by atoms with Gasteiger partial charge in [-0.05, 0) is 44.7 Å². The van der Waals surface area contributed by atoms with Crippen molar-refractivity contribution < 1.29 is 14.3 Å². The summed E-state index contributed by atoms with van der Waals surface area (Å²) < 4.78 is 5.43. The van der Waals surface area contributed by atoms with Gasteiger partial charge in [0.15, 0.2) is 0 Å². The van der Waals surface area contributed by atoms with Crippen molar-refractivity contribution in [1.82, 2.24) is 9.80 Å². The number of nitrogens with zero attached hydrogens (tertiary/aromatic N) is 2. The highest BCUT2D eigenvalue weighted by atomic mass is 16.5. The molecule has 1 unspecified atom stereocenters. The van der Waals surface area contributed by atoms with Gasteiger partial charge >= 0.3 is 6.03 Å². The molecular formula is C20H29N3O3. The number of anilines is 1. The van der Waals surface area contributed by atoms with Crippen LogP contribution in [0.2, 0.25) is 0 Å². The molecule has 0 spiro atoms. The Labute approximate surface area is 155 Å². The summed E-state index contributed by atoms with van der Waals surface area (Å²) in [6, 6.07) is 6.24. The average Bonchev–Trinajstić information content (AvgIpc) is 3.08. The van der Waals surface area contributed by atoms with Crippen LogP contribution >= 0.6 is 0 Å². The molecule has 1 aromatic carbocycles. The Bertz CT molecular complexity index is 670. The van der Waals surface area contributed by atoms with Crippen molar-refractivity contribution in [3.63, 3.8) is 0 Å². The Kier molecular flexibility index (Phi) is 5.81. The summed E-state index contributed by atoms with van der Waals surface area (Å²) in [7, 11) is 0. The fourth-order valence-electron chi connectivity index (χ4n) is 4.08. The first-order chi connectivity index (χ1) is 12.5. The molecule has 6 nitrogen and oxygen atoms in total. The molecular weight excluding hydrogens is 330 g/mol. The minimum absolute atomic E-state index is 0.0880. The van der Waals surface area contributed by atoms with Gasteiger partial charge in [-0.2, -0.15) is 0 Å². The lowest BCUT2D eigenvalue weighted by molar-refractivity contribution is -0.135. The van der Waals surface area contributed by atoms with Gasteiger partial charge in [0.25, 0.3) is 0 Å². The van der Waals surface area contributed by atoms with Gasteiger partial charge in [-0.1, -0.05) is 17.7 Å². The summed E-state index contributed by atoms with van der Waals surface area (Å²) >= 11 is 0. The topological polar surface area (TPSA) is 61.9 Å². The van der Waals surface area contributed by atoms with Crippen molar-refractivity contribution in [3.05, 3.63) is 29.3 Å². The maximum atomic E-state index is 12.7. The standard InChI is InChI=1S/C20H29N3O3/c1-14-4-5-19(15(2)12-14)21-20(25)22-9-6-18(13-22)23(16(3)24)17-7-10-26-11-8-17/h4-5,12,17-18H,6-11,13H2,1-3H3,(H,21,25). The molecule has 2 heterocycles. The number of carbonyl (C=O) groups excluding carboxylic acids is 2. The van der Waals surface area contributed by atoms with Crippen LogP contribution in [0.4, 0.5) is 10.5 Å². The molecule has 0 saturated carbocycles. The molecule has 2 fully saturated rings. The minimum Gasteiger partial charge on any atom is -0.381 e. The van der Waals surface area contributed by atoms with E-state index in [0.29, 0.717) is 26.3 Å². The van der Waals surface area contributed by atoms with Crippen LogP contribution in [-0.2, 0) is 9.53 Å². The summed E-state index contributed by atoms with van der Waals surface area (Å²) in [5.41, 5.74) is 3.08. The number of hydrogen-bond donors (Lipinski definition) is 1. The maximum Gasteiger partial charge on any atom is 0.321 e. The number of hydrogen-bond acceptors (Lipinski definition) is 3. The Morgan fingerprint density at radius 1 is 1.15 bits per heavy atom. The second-order valence-electron chi connectivity index (χ2n) is 7.41. The highest BCUT2D eigenvalue weighted by molar-refractivity contribution is 5.90.